The minimum Gasteiger partial charge on any atom is -0.497 e. The highest BCUT2D eigenvalue weighted by molar-refractivity contribution is 7.22. The van der Waals surface area contributed by atoms with E-state index in [1.165, 1.54) is 11.3 Å². The number of nitrogens with zero attached hydrogens (tertiary/aromatic N) is 3. The number of aliphatic hydroxyl groups is 1. The first-order chi connectivity index (χ1) is 11.7. The molecule has 8 heteroatoms. The van der Waals surface area contributed by atoms with Crippen molar-refractivity contribution in [1.82, 2.24) is 14.8 Å². The number of piperazine rings is 1. The summed E-state index contributed by atoms with van der Waals surface area (Å²) in [4.78, 5) is 21.0. The van der Waals surface area contributed by atoms with E-state index in [2.05, 4.69) is 20.1 Å². The van der Waals surface area contributed by atoms with Gasteiger partial charge in [0.1, 0.15) is 5.75 Å². The Labute approximate surface area is 144 Å². The lowest BCUT2D eigenvalue weighted by Crippen LogP contribution is -2.49. The quantitative estimate of drug-likeness (QED) is 0.804. The molecule has 1 aliphatic heterocycles. The van der Waals surface area contributed by atoms with Crippen LogP contribution in [0.4, 0.5) is 5.13 Å². The van der Waals surface area contributed by atoms with Crippen LogP contribution in [0.15, 0.2) is 18.2 Å². The van der Waals surface area contributed by atoms with Gasteiger partial charge in [0, 0.05) is 32.7 Å². The Bertz CT molecular complexity index is 698. The average Bonchev–Trinajstić information content (AvgIpc) is 2.97. The van der Waals surface area contributed by atoms with Gasteiger partial charge in [-0.2, -0.15) is 0 Å². The van der Waals surface area contributed by atoms with Crippen molar-refractivity contribution >= 4 is 32.6 Å². The molecule has 1 aliphatic rings. The van der Waals surface area contributed by atoms with Crippen molar-refractivity contribution in [3.63, 3.8) is 0 Å². The maximum Gasteiger partial charge on any atom is 0.240 e. The summed E-state index contributed by atoms with van der Waals surface area (Å²) in [5, 5.41) is 12.5. The second kappa shape index (κ2) is 7.89. The summed E-state index contributed by atoms with van der Waals surface area (Å²) in [6.07, 6.45) is 0. The Morgan fingerprint density at radius 2 is 2.08 bits per heavy atom. The van der Waals surface area contributed by atoms with Crippen LogP contribution in [0, 0.1) is 0 Å². The number of anilines is 1. The van der Waals surface area contributed by atoms with Crippen molar-refractivity contribution in [3.8, 4) is 5.75 Å². The van der Waals surface area contributed by atoms with E-state index in [1.54, 1.807) is 7.11 Å². The highest BCUT2D eigenvalue weighted by atomic mass is 32.1. The Kier molecular flexibility index (Phi) is 5.62. The third-order valence-corrected chi connectivity index (χ3v) is 5.02. The maximum atomic E-state index is 12.2. The third-order valence-electron chi connectivity index (χ3n) is 4.09. The van der Waals surface area contributed by atoms with Crippen molar-refractivity contribution in [2.45, 2.75) is 0 Å². The molecule has 1 amide bonds. The number of carbonyl (C=O) groups excluding carboxylic acids is 1. The highest BCUT2D eigenvalue weighted by Crippen LogP contribution is 2.29. The number of β-amino-alcohol motifs (C(OH)–C–C–N with tert-alkyl or cyclic N) is 1. The summed E-state index contributed by atoms with van der Waals surface area (Å²) in [6, 6.07) is 5.67. The number of hydrogen-bond donors (Lipinski definition) is 2. The highest BCUT2D eigenvalue weighted by Gasteiger charge is 2.19. The van der Waals surface area contributed by atoms with E-state index in [1.807, 2.05) is 18.2 Å². The van der Waals surface area contributed by atoms with Gasteiger partial charge in [-0.15, -0.1) is 0 Å². The summed E-state index contributed by atoms with van der Waals surface area (Å²) in [5.74, 6) is 0.737. The number of rotatable bonds is 6. The minimum atomic E-state index is -0.0448. The van der Waals surface area contributed by atoms with Gasteiger partial charge >= 0.3 is 0 Å². The number of aromatic nitrogens is 1. The fraction of sp³-hybridized carbons (Fsp3) is 0.500. The Balaban J connectivity index is 1.53. The molecule has 2 aromatic rings. The minimum absolute atomic E-state index is 0.0448. The number of thiazole rings is 1. The molecule has 0 radical (unpaired) electrons. The predicted octanol–water partition coefficient (Wildman–Crippen LogP) is 0.853. The van der Waals surface area contributed by atoms with Crippen molar-refractivity contribution in [1.29, 1.82) is 0 Å². The molecule has 0 aliphatic carbocycles. The number of aliphatic hydroxyl groups excluding tert-OH is 1. The molecule has 0 saturated carbocycles. The van der Waals surface area contributed by atoms with Gasteiger partial charge in [0.05, 0.1) is 30.5 Å². The molecule has 1 aromatic carbocycles. The van der Waals surface area contributed by atoms with Gasteiger partial charge in [-0.1, -0.05) is 11.3 Å². The molecule has 24 heavy (non-hydrogen) atoms. The zero-order valence-electron chi connectivity index (χ0n) is 13.7. The molecule has 1 fully saturated rings. The zero-order valence-corrected chi connectivity index (χ0v) is 14.5. The Hall–Kier alpha value is -1.74. The van der Waals surface area contributed by atoms with Gasteiger partial charge in [-0.25, -0.2) is 4.98 Å². The number of amides is 1. The van der Waals surface area contributed by atoms with Crippen LogP contribution in [0.3, 0.4) is 0 Å². The van der Waals surface area contributed by atoms with E-state index in [0.29, 0.717) is 18.2 Å². The lowest BCUT2D eigenvalue weighted by atomic mass is 10.3. The molecular weight excluding hydrogens is 328 g/mol. The second-order valence-electron chi connectivity index (χ2n) is 5.74. The molecule has 1 aromatic heterocycles. The first-order valence-electron chi connectivity index (χ1n) is 7.98. The number of methoxy groups -OCH3 is 1. The number of hydrogen-bond acceptors (Lipinski definition) is 7. The first-order valence-corrected chi connectivity index (χ1v) is 8.79. The number of ether oxygens (including phenoxy) is 1. The number of nitrogens with one attached hydrogen (secondary N) is 1. The van der Waals surface area contributed by atoms with E-state index in [0.717, 1.165) is 42.1 Å². The average molecular weight is 350 g/mol. The zero-order chi connectivity index (χ0) is 16.9. The van der Waals surface area contributed by atoms with Gasteiger partial charge in [-0.05, 0) is 18.2 Å². The van der Waals surface area contributed by atoms with Gasteiger partial charge in [-0.3, -0.25) is 14.6 Å². The van der Waals surface area contributed by atoms with Crippen LogP contribution in [0.2, 0.25) is 0 Å². The Morgan fingerprint density at radius 1 is 1.33 bits per heavy atom. The second-order valence-corrected chi connectivity index (χ2v) is 6.77. The topological polar surface area (TPSA) is 77.9 Å². The predicted molar refractivity (Wildman–Crippen MR) is 94.8 cm³/mol. The first kappa shape index (κ1) is 17.1. The summed E-state index contributed by atoms with van der Waals surface area (Å²) in [5.41, 5.74) is 0.855. The van der Waals surface area contributed by atoms with Crippen LogP contribution in [0.1, 0.15) is 0 Å². The lowest BCUT2D eigenvalue weighted by Gasteiger charge is -2.33. The SMILES string of the molecule is COc1ccc2nc(NC(=O)CN3CCN(CCO)CC3)sc2c1. The van der Waals surface area contributed by atoms with Crippen LogP contribution < -0.4 is 10.1 Å². The van der Waals surface area contributed by atoms with Crippen LogP contribution in [-0.2, 0) is 4.79 Å². The number of benzene rings is 1. The molecule has 1 saturated heterocycles. The normalized spacial score (nSPS) is 16.4. The number of carbonyl (C=O) groups is 1. The van der Waals surface area contributed by atoms with E-state index in [4.69, 9.17) is 9.84 Å². The van der Waals surface area contributed by atoms with Gasteiger partial charge in [0.2, 0.25) is 5.91 Å². The molecule has 0 unspecified atom stereocenters. The monoisotopic (exact) mass is 350 g/mol. The third kappa shape index (κ3) is 4.21. The van der Waals surface area contributed by atoms with Crippen molar-refractivity contribution in [2.24, 2.45) is 0 Å². The largest absolute Gasteiger partial charge is 0.497 e. The molecule has 3 rings (SSSR count). The van der Waals surface area contributed by atoms with Crippen LogP contribution >= 0.6 is 11.3 Å². The molecule has 0 atom stereocenters. The standard InChI is InChI=1S/C16H22N4O3S/c1-23-12-2-3-13-14(10-12)24-16(17-13)18-15(22)11-20-6-4-19(5-7-20)8-9-21/h2-3,10,21H,4-9,11H2,1H3,(H,17,18,22). The fourth-order valence-electron chi connectivity index (χ4n) is 2.76. The van der Waals surface area contributed by atoms with E-state index in [-0.39, 0.29) is 12.5 Å². The molecule has 2 heterocycles. The van der Waals surface area contributed by atoms with Crippen molar-refractivity contribution in [3.05, 3.63) is 18.2 Å². The van der Waals surface area contributed by atoms with Gasteiger partial charge in [0.15, 0.2) is 5.13 Å². The molecule has 130 valence electrons. The van der Waals surface area contributed by atoms with E-state index >= 15 is 0 Å². The van der Waals surface area contributed by atoms with Crippen LogP contribution in [0.5, 0.6) is 5.75 Å². The molecule has 0 bridgehead atoms. The van der Waals surface area contributed by atoms with Crippen molar-refractivity contribution in [2.75, 3.05) is 58.3 Å². The number of fused-ring (bicyclic) bond motifs is 1. The molecule has 2 N–H and O–H groups in total. The molecule has 7 nitrogen and oxygen atoms in total. The van der Waals surface area contributed by atoms with Gasteiger partial charge < -0.3 is 15.2 Å². The van der Waals surface area contributed by atoms with E-state index in [9.17, 15) is 4.79 Å². The van der Waals surface area contributed by atoms with Crippen LogP contribution in [0.25, 0.3) is 10.2 Å². The fourth-order valence-corrected chi connectivity index (χ4v) is 3.67. The Morgan fingerprint density at radius 3 is 2.79 bits per heavy atom. The van der Waals surface area contributed by atoms with Crippen LogP contribution in [-0.4, -0.2) is 78.8 Å². The smallest absolute Gasteiger partial charge is 0.240 e. The summed E-state index contributed by atoms with van der Waals surface area (Å²) < 4.78 is 6.19. The van der Waals surface area contributed by atoms with Gasteiger partial charge in [0.25, 0.3) is 0 Å². The lowest BCUT2D eigenvalue weighted by molar-refractivity contribution is -0.117. The molecular formula is C16H22N4O3S. The maximum absolute atomic E-state index is 12.2. The summed E-state index contributed by atoms with van der Waals surface area (Å²) >= 11 is 1.45. The van der Waals surface area contributed by atoms with E-state index < -0.39 is 0 Å². The summed E-state index contributed by atoms with van der Waals surface area (Å²) in [6.45, 7) is 4.70. The summed E-state index contributed by atoms with van der Waals surface area (Å²) in [7, 11) is 1.63. The van der Waals surface area contributed by atoms with Crippen molar-refractivity contribution < 1.29 is 14.6 Å². The molecule has 0 spiro atoms.